The summed E-state index contributed by atoms with van der Waals surface area (Å²) in [5.41, 5.74) is 3.59. The van der Waals surface area contributed by atoms with E-state index in [0.29, 0.717) is 32.3 Å². The first-order chi connectivity index (χ1) is 13.9. The molecule has 1 aromatic carbocycles. The molecule has 0 N–H and O–H groups in total. The van der Waals surface area contributed by atoms with E-state index >= 15 is 0 Å². The monoisotopic (exact) mass is 411 g/mol. The number of halogens is 3. The number of rotatable bonds is 7. The molecule has 1 aliphatic rings. The molecule has 1 atom stereocenters. The number of ether oxygens (including phenoxy) is 4. The fourth-order valence-electron chi connectivity index (χ4n) is 3.04. The summed E-state index contributed by atoms with van der Waals surface area (Å²) in [6.45, 7) is 4.65. The number of pyridine rings is 1. The summed E-state index contributed by atoms with van der Waals surface area (Å²) >= 11 is 0. The number of hydrogen-bond donors (Lipinski definition) is 0. The SMILES string of the molecule is CCc1cc(OCC2COCCO2)nc(-c2ccc(OCC(F)(F)F)cc2)c1C. The summed E-state index contributed by atoms with van der Waals surface area (Å²) in [4.78, 5) is 4.61. The number of hydrogen-bond acceptors (Lipinski definition) is 5. The maximum absolute atomic E-state index is 12.3. The van der Waals surface area contributed by atoms with Gasteiger partial charge in [0.2, 0.25) is 5.88 Å². The molecule has 29 heavy (non-hydrogen) atoms. The van der Waals surface area contributed by atoms with Gasteiger partial charge in [0.05, 0.1) is 25.5 Å². The quantitative estimate of drug-likeness (QED) is 0.678. The van der Waals surface area contributed by atoms with Gasteiger partial charge in [-0.15, -0.1) is 0 Å². The molecule has 0 radical (unpaired) electrons. The first kappa shape index (κ1) is 21.4. The van der Waals surface area contributed by atoms with E-state index < -0.39 is 12.8 Å². The molecular formula is C21H24F3NO4. The summed E-state index contributed by atoms with van der Waals surface area (Å²) in [6.07, 6.45) is -3.70. The third kappa shape index (κ3) is 6.08. The fraction of sp³-hybridized carbons (Fsp3) is 0.476. The van der Waals surface area contributed by atoms with Crippen LogP contribution >= 0.6 is 0 Å². The van der Waals surface area contributed by atoms with Gasteiger partial charge in [0.1, 0.15) is 18.5 Å². The van der Waals surface area contributed by atoms with Crippen molar-refractivity contribution < 1.29 is 32.1 Å². The molecule has 2 heterocycles. The Hall–Kier alpha value is -2.32. The van der Waals surface area contributed by atoms with Gasteiger partial charge in [-0.25, -0.2) is 4.98 Å². The smallest absolute Gasteiger partial charge is 0.422 e. The minimum absolute atomic E-state index is 0.134. The highest BCUT2D eigenvalue weighted by Gasteiger charge is 2.28. The lowest BCUT2D eigenvalue weighted by Gasteiger charge is -2.23. The van der Waals surface area contributed by atoms with E-state index in [1.807, 2.05) is 19.9 Å². The maximum atomic E-state index is 12.3. The Labute approximate surface area is 167 Å². The van der Waals surface area contributed by atoms with Crippen LogP contribution in [0.2, 0.25) is 0 Å². The van der Waals surface area contributed by atoms with Gasteiger partial charge in [-0.1, -0.05) is 6.92 Å². The van der Waals surface area contributed by atoms with Crippen LogP contribution in [0.5, 0.6) is 11.6 Å². The second-order valence-corrected chi connectivity index (χ2v) is 6.75. The highest BCUT2D eigenvalue weighted by molar-refractivity contribution is 5.66. The minimum atomic E-state index is -4.37. The molecule has 0 amide bonds. The fourth-order valence-corrected chi connectivity index (χ4v) is 3.04. The highest BCUT2D eigenvalue weighted by Crippen LogP contribution is 2.29. The summed E-state index contributed by atoms with van der Waals surface area (Å²) < 4.78 is 58.5. The topological polar surface area (TPSA) is 49.8 Å². The van der Waals surface area contributed by atoms with Gasteiger partial charge in [0.15, 0.2) is 6.61 Å². The van der Waals surface area contributed by atoms with Gasteiger partial charge in [0, 0.05) is 11.6 Å². The first-order valence-electron chi connectivity index (χ1n) is 9.48. The average molecular weight is 411 g/mol. The predicted molar refractivity (Wildman–Crippen MR) is 101 cm³/mol. The van der Waals surface area contributed by atoms with E-state index in [1.54, 1.807) is 12.1 Å². The molecule has 1 aliphatic heterocycles. The zero-order chi connectivity index (χ0) is 20.9. The van der Waals surface area contributed by atoms with Gasteiger partial charge < -0.3 is 18.9 Å². The summed E-state index contributed by atoms with van der Waals surface area (Å²) in [6, 6.07) is 8.32. The number of alkyl halides is 3. The standard InChI is InChI=1S/C21H24F3NO4/c1-3-15-10-19(28-12-18-11-26-8-9-27-18)25-20(14(15)2)16-4-6-17(7-5-16)29-13-21(22,23)24/h4-7,10,18H,3,8-9,11-13H2,1-2H3. The average Bonchev–Trinajstić information content (AvgIpc) is 2.72. The molecule has 3 rings (SSSR count). The van der Waals surface area contributed by atoms with Gasteiger partial charge >= 0.3 is 6.18 Å². The Morgan fingerprint density at radius 3 is 2.52 bits per heavy atom. The van der Waals surface area contributed by atoms with E-state index in [1.165, 1.54) is 12.1 Å². The number of benzene rings is 1. The third-order valence-electron chi connectivity index (χ3n) is 4.57. The first-order valence-corrected chi connectivity index (χ1v) is 9.48. The van der Waals surface area contributed by atoms with E-state index in [-0.39, 0.29) is 11.9 Å². The van der Waals surface area contributed by atoms with Crippen molar-refractivity contribution >= 4 is 0 Å². The van der Waals surface area contributed by atoms with Crippen LogP contribution in [0.25, 0.3) is 11.3 Å². The molecule has 5 nitrogen and oxygen atoms in total. The number of nitrogens with zero attached hydrogens (tertiary/aromatic N) is 1. The number of aromatic nitrogens is 1. The van der Waals surface area contributed by atoms with Crippen LogP contribution < -0.4 is 9.47 Å². The second-order valence-electron chi connectivity index (χ2n) is 6.75. The zero-order valence-electron chi connectivity index (χ0n) is 16.4. The lowest BCUT2D eigenvalue weighted by molar-refractivity contribution is -0.153. The second kappa shape index (κ2) is 9.45. The van der Waals surface area contributed by atoms with Crippen LogP contribution in [0, 0.1) is 6.92 Å². The van der Waals surface area contributed by atoms with E-state index in [9.17, 15) is 13.2 Å². The Bertz CT molecular complexity index is 803. The van der Waals surface area contributed by atoms with Crippen molar-refractivity contribution in [1.82, 2.24) is 4.98 Å². The molecule has 1 unspecified atom stereocenters. The predicted octanol–water partition coefficient (Wildman–Crippen LogP) is 4.35. The molecule has 158 valence electrons. The van der Waals surface area contributed by atoms with Crippen LogP contribution in [0.4, 0.5) is 13.2 Å². The van der Waals surface area contributed by atoms with Crippen molar-refractivity contribution in [3.63, 3.8) is 0 Å². The van der Waals surface area contributed by atoms with Crippen LogP contribution in [-0.4, -0.2) is 50.3 Å². The largest absolute Gasteiger partial charge is 0.484 e. The van der Waals surface area contributed by atoms with Crippen LogP contribution in [0.15, 0.2) is 30.3 Å². The van der Waals surface area contributed by atoms with Crippen LogP contribution in [0.3, 0.4) is 0 Å². The Morgan fingerprint density at radius 2 is 1.90 bits per heavy atom. The molecule has 0 aliphatic carbocycles. The van der Waals surface area contributed by atoms with Gasteiger partial charge in [-0.3, -0.25) is 0 Å². The Morgan fingerprint density at radius 1 is 1.14 bits per heavy atom. The Balaban J connectivity index is 1.76. The van der Waals surface area contributed by atoms with Crippen LogP contribution in [0.1, 0.15) is 18.1 Å². The molecule has 8 heteroatoms. The maximum Gasteiger partial charge on any atom is 0.422 e. The van der Waals surface area contributed by atoms with E-state index in [0.717, 1.165) is 28.8 Å². The molecule has 1 fully saturated rings. The Kier molecular flexibility index (Phi) is 6.97. The molecule has 1 saturated heterocycles. The molecule has 1 aromatic heterocycles. The molecular weight excluding hydrogens is 387 g/mol. The molecule has 0 saturated carbocycles. The van der Waals surface area contributed by atoms with Crippen molar-refractivity contribution in [3.05, 3.63) is 41.5 Å². The third-order valence-corrected chi connectivity index (χ3v) is 4.57. The minimum Gasteiger partial charge on any atom is -0.484 e. The van der Waals surface area contributed by atoms with Crippen molar-refractivity contribution in [2.75, 3.05) is 33.0 Å². The van der Waals surface area contributed by atoms with Crippen molar-refractivity contribution in [3.8, 4) is 22.9 Å². The van der Waals surface area contributed by atoms with Crippen molar-refractivity contribution in [2.24, 2.45) is 0 Å². The van der Waals surface area contributed by atoms with E-state index in [2.05, 4.69) is 4.98 Å². The van der Waals surface area contributed by atoms with Gasteiger partial charge in [-0.05, 0) is 48.7 Å². The van der Waals surface area contributed by atoms with Gasteiger partial charge in [0.25, 0.3) is 0 Å². The van der Waals surface area contributed by atoms with Crippen LogP contribution in [-0.2, 0) is 15.9 Å². The zero-order valence-corrected chi connectivity index (χ0v) is 16.4. The lowest BCUT2D eigenvalue weighted by Crippen LogP contribution is -2.33. The van der Waals surface area contributed by atoms with Crippen molar-refractivity contribution in [1.29, 1.82) is 0 Å². The normalized spacial score (nSPS) is 17.2. The number of aryl methyl sites for hydroxylation is 1. The summed E-state index contributed by atoms with van der Waals surface area (Å²) in [5, 5.41) is 0. The summed E-state index contributed by atoms with van der Waals surface area (Å²) in [7, 11) is 0. The summed E-state index contributed by atoms with van der Waals surface area (Å²) in [5.74, 6) is 0.635. The van der Waals surface area contributed by atoms with Crippen molar-refractivity contribution in [2.45, 2.75) is 32.5 Å². The lowest BCUT2D eigenvalue weighted by atomic mass is 10.0. The van der Waals surface area contributed by atoms with Gasteiger partial charge in [-0.2, -0.15) is 13.2 Å². The van der Waals surface area contributed by atoms with E-state index in [4.69, 9.17) is 18.9 Å². The molecule has 0 spiro atoms. The molecule has 0 bridgehead atoms. The molecule has 2 aromatic rings. The highest BCUT2D eigenvalue weighted by atomic mass is 19.4.